The number of carbonyl (C=O) groups excluding carboxylic acids is 4. The minimum Gasteiger partial charge on any atom is -0.462 e. The lowest BCUT2D eigenvalue weighted by Crippen LogP contribution is -2.30. The molecule has 17 nitrogen and oxygen atoms in total. The van der Waals surface area contributed by atoms with E-state index < -0.39 is 97.5 Å². The summed E-state index contributed by atoms with van der Waals surface area (Å²) in [5.41, 5.74) is 0. The minimum absolute atomic E-state index is 0.108. The predicted octanol–water partition coefficient (Wildman–Crippen LogP) is 27.2. The molecule has 0 aromatic carbocycles. The molecule has 636 valence electrons. The van der Waals surface area contributed by atoms with E-state index in [0.29, 0.717) is 25.7 Å². The van der Waals surface area contributed by atoms with Gasteiger partial charge in [0.05, 0.1) is 26.4 Å². The summed E-state index contributed by atoms with van der Waals surface area (Å²) in [6.45, 7) is 7.41. The first-order valence-corrected chi connectivity index (χ1v) is 48.6. The molecule has 0 bridgehead atoms. The zero-order chi connectivity index (χ0) is 78.3. The quantitative estimate of drug-likeness (QED) is 0.0222. The highest BCUT2D eigenvalue weighted by Gasteiger charge is 2.30. The standard InChI is InChI=1S/C88H172O17P2/c1-6-9-12-15-18-21-24-26-27-28-29-30-31-32-37-40-44-49-54-59-64-69-74-88(93)105-84(78-99-86(91)72-67-62-57-52-47-43-39-36-34-33-35-38-42-46-50-55-60-65-70-81(4)5)80-103-107(96,97)101-76-82(89)75-100-106(94,95)102-79-83(77-98-85(90)71-66-61-56-51-45-23-20-17-14-11-8-3)104-87(92)73-68-63-58-53-48-41-25-22-19-16-13-10-7-2/h81-84,89H,6-80H2,1-5H3,(H,94,95)(H,96,97)/t82-,83+,84+/m0/s1. The second-order valence-electron chi connectivity index (χ2n) is 32.1. The fourth-order valence-corrected chi connectivity index (χ4v) is 15.4. The van der Waals surface area contributed by atoms with Crippen molar-refractivity contribution in [2.75, 3.05) is 39.6 Å². The number of phosphoric ester groups is 2. The molecule has 107 heavy (non-hydrogen) atoms. The van der Waals surface area contributed by atoms with Crippen LogP contribution in [-0.2, 0) is 65.4 Å². The number of hydrogen-bond acceptors (Lipinski definition) is 15. The first-order chi connectivity index (χ1) is 52.0. The molecular formula is C88H172O17P2. The van der Waals surface area contributed by atoms with Gasteiger partial charge in [0.25, 0.3) is 0 Å². The summed E-state index contributed by atoms with van der Waals surface area (Å²) in [5, 5.41) is 10.7. The van der Waals surface area contributed by atoms with Gasteiger partial charge >= 0.3 is 39.5 Å². The Morgan fingerprint density at radius 1 is 0.252 bits per heavy atom. The largest absolute Gasteiger partial charge is 0.472 e. The van der Waals surface area contributed by atoms with Crippen LogP contribution in [0.1, 0.15) is 478 Å². The molecule has 0 amide bonds. The van der Waals surface area contributed by atoms with Gasteiger partial charge in [-0.25, -0.2) is 9.13 Å². The van der Waals surface area contributed by atoms with Gasteiger partial charge in [0.15, 0.2) is 12.2 Å². The molecule has 0 radical (unpaired) electrons. The lowest BCUT2D eigenvalue weighted by atomic mass is 10.0. The Morgan fingerprint density at radius 2 is 0.430 bits per heavy atom. The van der Waals surface area contributed by atoms with E-state index in [2.05, 4.69) is 34.6 Å². The smallest absolute Gasteiger partial charge is 0.462 e. The second-order valence-corrected chi connectivity index (χ2v) is 35.0. The second kappa shape index (κ2) is 80.7. The van der Waals surface area contributed by atoms with Crippen LogP contribution in [0, 0.1) is 5.92 Å². The SMILES string of the molecule is CCCCCCCCCCCCCCCCCCCCCCCCC(=O)O[C@H](COC(=O)CCCCCCCCCCCCCCCCCCCCC(C)C)COP(=O)(O)OC[C@@H](O)COP(=O)(O)OC[C@@H](COC(=O)CCCCCCCCCCCCC)OC(=O)CCCCCCCCCCCCCCC. The number of hydrogen-bond donors (Lipinski definition) is 3. The summed E-state index contributed by atoms with van der Waals surface area (Å²) >= 11 is 0. The predicted molar refractivity (Wildman–Crippen MR) is 442 cm³/mol. The van der Waals surface area contributed by atoms with E-state index in [0.717, 1.165) is 95.8 Å². The molecule has 0 aromatic heterocycles. The van der Waals surface area contributed by atoms with Crippen molar-refractivity contribution in [2.24, 2.45) is 5.92 Å². The average Bonchev–Trinajstić information content (AvgIpc) is 0.904. The maximum absolute atomic E-state index is 13.2. The third kappa shape index (κ3) is 81.9. The molecule has 0 aliphatic carbocycles. The van der Waals surface area contributed by atoms with Crippen LogP contribution in [0.15, 0.2) is 0 Å². The highest BCUT2D eigenvalue weighted by Crippen LogP contribution is 2.45. The molecule has 19 heteroatoms. The van der Waals surface area contributed by atoms with Crippen LogP contribution in [-0.4, -0.2) is 96.7 Å². The van der Waals surface area contributed by atoms with E-state index in [-0.39, 0.29) is 25.7 Å². The van der Waals surface area contributed by atoms with Gasteiger partial charge in [0.2, 0.25) is 0 Å². The van der Waals surface area contributed by atoms with Crippen molar-refractivity contribution in [3.63, 3.8) is 0 Å². The van der Waals surface area contributed by atoms with E-state index >= 15 is 0 Å². The van der Waals surface area contributed by atoms with E-state index in [9.17, 15) is 43.2 Å². The highest BCUT2D eigenvalue weighted by molar-refractivity contribution is 7.47. The fraction of sp³-hybridized carbons (Fsp3) is 0.955. The molecule has 2 unspecified atom stereocenters. The van der Waals surface area contributed by atoms with Crippen LogP contribution >= 0.6 is 15.6 Å². The molecule has 0 fully saturated rings. The van der Waals surface area contributed by atoms with Gasteiger partial charge in [-0.2, -0.15) is 0 Å². The Balaban J connectivity index is 5.20. The number of aliphatic hydroxyl groups excluding tert-OH is 1. The molecule has 0 saturated heterocycles. The normalized spacial score (nSPS) is 13.7. The lowest BCUT2D eigenvalue weighted by Gasteiger charge is -2.21. The van der Waals surface area contributed by atoms with Crippen LogP contribution in [0.2, 0.25) is 0 Å². The maximum atomic E-state index is 13.2. The highest BCUT2D eigenvalue weighted by atomic mass is 31.2. The van der Waals surface area contributed by atoms with Gasteiger partial charge in [0, 0.05) is 25.7 Å². The van der Waals surface area contributed by atoms with Crippen molar-refractivity contribution in [1.29, 1.82) is 0 Å². The van der Waals surface area contributed by atoms with Crippen molar-refractivity contribution in [2.45, 2.75) is 496 Å². The Bertz CT molecular complexity index is 2030. The summed E-state index contributed by atoms with van der Waals surface area (Å²) < 4.78 is 68.9. The number of rotatable bonds is 88. The van der Waals surface area contributed by atoms with E-state index in [4.69, 9.17) is 37.0 Å². The first kappa shape index (κ1) is 105. The molecule has 0 aliphatic heterocycles. The van der Waals surface area contributed by atoms with Gasteiger partial charge < -0.3 is 33.8 Å². The maximum Gasteiger partial charge on any atom is 0.472 e. The minimum atomic E-state index is -4.97. The van der Waals surface area contributed by atoms with Gasteiger partial charge in [-0.1, -0.05) is 426 Å². The van der Waals surface area contributed by atoms with Gasteiger partial charge in [0.1, 0.15) is 19.3 Å². The summed E-state index contributed by atoms with van der Waals surface area (Å²) in [4.78, 5) is 73.2. The Morgan fingerprint density at radius 3 is 0.636 bits per heavy atom. The van der Waals surface area contributed by atoms with Crippen LogP contribution in [0.3, 0.4) is 0 Å². The van der Waals surface area contributed by atoms with E-state index in [1.165, 1.54) is 302 Å². The zero-order valence-electron chi connectivity index (χ0n) is 70.3. The van der Waals surface area contributed by atoms with Crippen molar-refractivity contribution in [3.05, 3.63) is 0 Å². The lowest BCUT2D eigenvalue weighted by molar-refractivity contribution is -0.161. The van der Waals surface area contributed by atoms with Crippen molar-refractivity contribution >= 4 is 39.5 Å². The summed E-state index contributed by atoms with van der Waals surface area (Å²) in [6, 6.07) is 0. The molecule has 0 heterocycles. The average molecular weight is 1560 g/mol. The van der Waals surface area contributed by atoms with Crippen LogP contribution in [0.25, 0.3) is 0 Å². The number of phosphoric acid groups is 2. The molecule has 0 rings (SSSR count). The van der Waals surface area contributed by atoms with Gasteiger partial charge in [-0.05, 0) is 31.6 Å². The topological polar surface area (TPSA) is 237 Å². The number of carbonyl (C=O) groups is 4. The molecule has 0 saturated carbocycles. The van der Waals surface area contributed by atoms with E-state index in [1.807, 2.05) is 0 Å². The monoisotopic (exact) mass is 1560 g/mol. The van der Waals surface area contributed by atoms with Crippen LogP contribution < -0.4 is 0 Å². The Hall–Kier alpha value is -1.94. The van der Waals surface area contributed by atoms with Crippen molar-refractivity contribution < 1.29 is 80.2 Å². The third-order valence-electron chi connectivity index (χ3n) is 20.8. The Labute approximate surface area is 658 Å². The molecule has 3 N–H and O–H groups in total. The molecule has 5 atom stereocenters. The summed E-state index contributed by atoms with van der Waals surface area (Å²) in [6.07, 6.45) is 75.1. The molecule has 0 spiro atoms. The number of ether oxygens (including phenoxy) is 4. The fourth-order valence-electron chi connectivity index (χ4n) is 13.8. The number of aliphatic hydroxyl groups is 1. The third-order valence-corrected chi connectivity index (χ3v) is 22.7. The zero-order valence-corrected chi connectivity index (χ0v) is 72.1. The molecular weight excluding hydrogens is 1390 g/mol. The molecule has 0 aliphatic rings. The summed E-state index contributed by atoms with van der Waals surface area (Å²) in [5.74, 6) is -1.27. The van der Waals surface area contributed by atoms with Crippen LogP contribution in [0.4, 0.5) is 0 Å². The number of esters is 4. The van der Waals surface area contributed by atoms with Crippen molar-refractivity contribution in [1.82, 2.24) is 0 Å². The van der Waals surface area contributed by atoms with E-state index in [1.54, 1.807) is 0 Å². The Kier molecular flexibility index (Phi) is 79.2. The number of unbranched alkanes of at least 4 members (excludes halogenated alkanes) is 60. The van der Waals surface area contributed by atoms with Gasteiger partial charge in [-0.15, -0.1) is 0 Å². The molecule has 0 aromatic rings. The summed E-state index contributed by atoms with van der Waals surface area (Å²) in [7, 11) is -9.93. The van der Waals surface area contributed by atoms with Crippen LogP contribution in [0.5, 0.6) is 0 Å². The van der Waals surface area contributed by atoms with Gasteiger partial charge in [-0.3, -0.25) is 37.3 Å². The first-order valence-electron chi connectivity index (χ1n) is 45.6. The van der Waals surface area contributed by atoms with Crippen molar-refractivity contribution in [3.8, 4) is 0 Å².